The van der Waals surface area contributed by atoms with Crippen LogP contribution in [-0.2, 0) is 19.6 Å². The van der Waals surface area contributed by atoms with Crippen molar-refractivity contribution in [2.45, 2.75) is 38.2 Å². The van der Waals surface area contributed by atoms with Gasteiger partial charge in [-0.1, -0.05) is 6.07 Å². The number of carbonyl (C=O) groups is 2. The average molecular weight is 558 g/mol. The van der Waals surface area contributed by atoms with Crippen molar-refractivity contribution in [1.29, 1.82) is 0 Å². The molecule has 0 atom stereocenters. The van der Waals surface area contributed by atoms with Crippen molar-refractivity contribution in [3.05, 3.63) is 48.7 Å². The molecule has 10 nitrogen and oxygen atoms in total. The molecule has 3 aromatic rings. The van der Waals surface area contributed by atoms with Gasteiger partial charge in [0.25, 0.3) is 0 Å². The van der Waals surface area contributed by atoms with Gasteiger partial charge in [0, 0.05) is 61.8 Å². The highest BCUT2D eigenvalue weighted by atomic mass is 32.2. The summed E-state index contributed by atoms with van der Waals surface area (Å²) in [6, 6.07) is 12.1. The van der Waals surface area contributed by atoms with Crippen molar-refractivity contribution in [2.24, 2.45) is 0 Å². The number of thiazole rings is 1. The van der Waals surface area contributed by atoms with E-state index in [0.29, 0.717) is 21.8 Å². The Bertz CT molecular complexity index is 1440. The van der Waals surface area contributed by atoms with E-state index in [1.807, 2.05) is 12.1 Å². The largest absolute Gasteiger partial charge is 0.444 e. The lowest BCUT2D eigenvalue weighted by molar-refractivity contribution is -0.114. The number of benzene rings is 2. The zero-order valence-corrected chi connectivity index (χ0v) is 23.4. The Labute approximate surface area is 226 Å². The summed E-state index contributed by atoms with van der Waals surface area (Å²) in [5.41, 5.74) is 7.51. The van der Waals surface area contributed by atoms with E-state index in [1.54, 1.807) is 51.2 Å². The maximum atomic E-state index is 13.9. The molecule has 0 bridgehead atoms. The highest BCUT2D eigenvalue weighted by Crippen LogP contribution is 2.38. The highest BCUT2D eigenvalue weighted by Gasteiger charge is 2.34. The van der Waals surface area contributed by atoms with Crippen molar-refractivity contribution in [3.8, 4) is 21.0 Å². The molecule has 38 heavy (non-hydrogen) atoms. The minimum absolute atomic E-state index is 0.0574. The van der Waals surface area contributed by atoms with Gasteiger partial charge in [-0.3, -0.25) is 4.79 Å². The van der Waals surface area contributed by atoms with Crippen LogP contribution in [0.3, 0.4) is 0 Å². The molecule has 4 rings (SSSR count). The van der Waals surface area contributed by atoms with Crippen LogP contribution in [0.15, 0.2) is 53.6 Å². The van der Waals surface area contributed by atoms with E-state index in [-0.39, 0.29) is 37.0 Å². The van der Waals surface area contributed by atoms with Crippen LogP contribution in [0.1, 0.15) is 27.7 Å². The van der Waals surface area contributed by atoms with Crippen molar-refractivity contribution >= 4 is 44.7 Å². The lowest BCUT2D eigenvalue weighted by Gasteiger charge is -2.35. The predicted molar refractivity (Wildman–Crippen MR) is 148 cm³/mol. The van der Waals surface area contributed by atoms with Crippen LogP contribution < -0.4 is 11.1 Å². The van der Waals surface area contributed by atoms with Crippen LogP contribution in [0.2, 0.25) is 0 Å². The number of nitrogens with one attached hydrogen (secondary N) is 1. The Kier molecular flexibility index (Phi) is 7.77. The smallest absolute Gasteiger partial charge is 0.410 e. The second-order valence-corrected chi connectivity index (χ2v) is 12.9. The van der Waals surface area contributed by atoms with Gasteiger partial charge in [0.15, 0.2) is 0 Å². The fourth-order valence-electron chi connectivity index (χ4n) is 3.95. The zero-order valence-electron chi connectivity index (χ0n) is 21.7. The van der Waals surface area contributed by atoms with Crippen LogP contribution in [0.5, 0.6) is 0 Å². The molecule has 2 aromatic carbocycles. The van der Waals surface area contributed by atoms with Gasteiger partial charge in [0.2, 0.25) is 15.9 Å². The molecule has 202 valence electrons. The molecule has 2 amide bonds. The van der Waals surface area contributed by atoms with Gasteiger partial charge in [0.05, 0.1) is 9.77 Å². The standard InChI is InChI=1S/C26H31N5O5S2/c1-17(32)29-20-9-10-21(22-16-28-24(37-22)18-5-7-19(27)8-6-18)23(15-20)38(34,35)31-13-11-30(12-14-31)25(33)36-26(2,3)4/h5-10,15-16H,11-14,27H2,1-4H3,(H,29,32). The number of carbonyl (C=O) groups excluding carboxylic acids is 2. The van der Waals surface area contributed by atoms with Gasteiger partial charge in [-0.25, -0.2) is 18.2 Å². The van der Waals surface area contributed by atoms with E-state index in [2.05, 4.69) is 10.3 Å². The van der Waals surface area contributed by atoms with Gasteiger partial charge in [0.1, 0.15) is 10.6 Å². The molecule has 1 aliphatic rings. The number of hydrogen-bond acceptors (Lipinski definition) is 8. The molecule has 1 saturated heterocycles. The normalized spacial score (nSPS) is 14.8. The van der Waals surface area contributed by atoms with Gasteiger partial charge in [-0.2, -0.15) is 4.31 Å². The number of nitrogen functional groups attached to an aromatic ring is 1. The van der Waals surface area contributed by atoms with Crippen molar-refractivity contribution in [1.82, 2.24) is 14.2 Å². The molecule has 3 N–H and O–H groups in total. The Morgan fingerprint density at radius 2 is 1.71 bits per heavy atom. The van der Waals surface area contributed by atoms with E-state index >= 15 is 0 Å². The number of ether oxygens (including phenoxy) is 1. The maximum Gasteiger partial charge on any atom is 0.410 e. The summed E-state index contributed by atoms with van der Waals surface area (Å²) in [5.74, 6) is -0.310. The number of piperazine rings is 1. The quantitative estimate of drug-likeness (QED) is 0.448. The predicted octanol–water partition coefficient (Wildman–Crippen LogP) is 4.26. The number of rotatable bonds is 5. The van der Waals surface area contributed by atoms with E-state index in [9.17, 15) is 18.0 Å². The van der Waals surface area contributed by atoms with Crippen LogP contribution in [0, 0.1) is 0 Å². The van der Waals surface area contributed by atoms with Crippen molar-refractivity contribution in [3.63, 3.8) is 0 Å². The Morgan fingerprint density at radius 1 is 1.05 bits per heavy atom. The van der Waals surface area contributed by atoms with Gasteiger partial charge >= 0.3 is 6.09 Å². The summed E-state index contributed by atoms with van der Waals surface area (Å²) < 4.78 is 34.6. The molecule has 0 radical (unpaired) electrons. The maximum absolute atomic E-state index is 13.9. The third-order valence-electron chi connectivity index (χ3n) is 5.74. The number of nitrogens with two attached hydrogens (primary N) is 1. The molecule has 1 aliphatic heterocycles. The fourth-order valence-corrected chi connectivity index (χ4v) is 6.63. The minimum Gasteiger partial charge on any atom is -0.444 e. The van der Waals surface area contributed by atoms with Gasteiger partial charge in [-0.05, 0) is 57.2 Å². The summed E-state index contributed by atoms with van der Waals surface area (Å²) in [4.78, 5) is 30.9. The molecular formula is C26H31N5O5S2. The van der Waals surface area contributed by atoms with E-state index in [1.165, 1.54) is 33.5 Å². The topological polar surface area (TPSA) is 135 Å². The fraction of sp³-hybridized carbons (Fsp3) is 0.346. The Hall–Kier alpha value is -3.48. The van der Waals surface area contributed by atoms with E-state index in [4.69, 9.17) is 10.5 Å². The highest BCUT2D eigenvalue weighted by molar-refractivity contribution is 7.89. The second-order valence-electron chi connectivity index (χ2n) is 9.92. The average Bonchev–Trinajstić information content (AvgIpc) is 3.33. The molecule has 12 heteroatoms. The zero-order chi connectivity index (χ0) is 27.7. The summed E-state index contributed by atoms with van der Waals surface area (Å²) in [6.45, 7) is 7.36. The summed E-state index contributed by atoms with van der Waals surface area (Å²) in [5, 5.41) is 3.39. The molecule has 0 spiro atoms. The van der Waals surface area contributed by atoms with Gasteiger partial charge < -0.3 is 20.7 Å². The van der Waals surface area contributed by atoms with Gasteiger partial charge in [-0.15, -0.1) is 11.3 Å². The molecule has 1 fully saturated rings. The third-order valence-corrected chi connectivity index (χ3v) is 8.76. The van der Waals surface area contributed by atoms with Crippen LogP contribution in [0.25, 0.3) is 21.0 Å². The molecule has 0 saturated carbocycles. The van der Waals surface area contributed by atoms with Crippen LogP contribution in [0.4, 0.5) is 16.2 Å². The SMILES string of the molecule is CC(=O)Nc1ccc(-c2cnc(-c3ccc(N)cc3)s2)c(S(=O)(=O)N2CCN(C(=O)OC(C)(C)C)CC2)c1. The number of nitrogens with zero attached hydrogens (tertiary/aromatic N) is 3. The number of aromatic nitrogens is 1. The first kappa shape index (κ1) is 27.6. The van der Waals surface area contributed by atoms with E-state index in [0.717, 1.165) is 10.6 Å². The van der Waals surface area contributed by atoms with Crippen molar-refractivity contribution in [2.75, 3.05) is 37.2 Å². The van der Waals surface area contributed by atoms with Crippen molar-refractivity contribution < 1.29 is 22.7 Å². The Balaban J connectivity index is 1.65. The Morgan fingerprint density at radius 3 is 2.32 bits per heavy atom. The lowest BCUT2D eigenvalue weighted by atomic mass is 10.2. The van der Waals surface area contributed by atoms with E-state index < -0.39 is 21.7 Å². The second kappa shape index (κ2) is 10.7. The summed E-state index contributed by atoms with van der Waals surface area (Å²) in [7, 11) is -3.98. The molecule has 0 aliphatic carbocycles. The molecule has 2 heterocycles. The number of anilines is 2. The third kappa shape index (κ3) is 6.32. The van der Waals surface area contributed by atoms with Crippen LogP contribution in [-0.4, -0.2) is 66.4 Å². The molecule has 1 aromatic heterocycles. The first-order chi connectivity index (χ1) is 17.8. The number of hydrogen-bond donors (Lipinski definition) is 2. The molecule has 0 unspecified atom stereocenters. The number of sulfonamides is 1. The monoisotopic (exact) mass is 557 g/mol. The summed E-state index contributed by atoms with van der Waals surface area (Å²) in [6.07, 6.45) is 1.17. The first-order valence-corrected chi connectivity index (χ1v) is 14.3. The first-order valence-electron chi connectivity index (χ1n) is 12.1. The molecular weight excluding hydrogens is 526 g/mol. The lowest BCUT2D eigenvalue weighted by Crippen LogP contribution is -2.51. The number of amides is 2. The van der Waals surface area contributed by atoms with Crippen LogP contribution >= 0.6 is 11.3 Å². The minimum atomic E-state index is -3.98. The summed E-state index contributed by atoms with van der Waals surface area (Å²) >= 11 is 1.36.